The first-order valence-electron chi connectivity index (χ1n) is 9.61. The van der Waals surface area contributed by atoms with Crippen molar-refractivity contribution in [3.63, 3.8) is 0 Å². The molecule has 0 amide bonds. The van der Waals surface area contributed by atoms with Crippen LogP contribution in [0.4, 0.5) is 23.0 Å². The Morgan fingerprint density at radius 2 is 1.82 bits per heavy atom. The largest absolute Gasteiger partial charge is 0.393 e. The fourth-order valence-electron chi connectivity index (χ4n) is 3.74. The van der Waals surface area contributed by atoms with Crippen LogP contribution in [-0.2, 0) is 6.42 Å². The van der Waals surface area contributed by atoms with Crippen molar-refractivity contribution >= 4 is 38.9 Å². The maximum absolute atomic E-state index is 6.42. The molecule has 0 bridgehead atoms. The molecular formula is C22H24BrN5. The first-order valence-corrected chi connectivity index (χ1v) is 10.4. The normalized spacial score (nSPS) is 14.8. The molecule has 28 heavy (non-hydrogen) atoms. The van der Waals surface area contributed by atoms with E-state index in [9.17, 15) is 0 Å². The number of hydrogen-bond acceptors (Lipinski definition) is 5. The van der Waals surface area contributed by atoms with Gasteiger partial charge in [0.2, 0.25) is 0 Å². The molecule has 6 heteroatoms. The van der Waals surface area contributed by atoms with E-state index in [0.29, 0.717) is 17.4 Å². The molecule has 0 spiro atoms. The quantitative estimate of drug-likeness (QED) is 0.585. The van der Waals surface area contributed by atoms with Gasteiger partial charge in [-0.25, -0.2) is 9.97 Å². The fourth-order valence-corrected chi connectivity index (χ4v) is 4.14. The highest BCUT2D eigenvalue weighted by atomic mass is 79.9. The minimum Gasteiger partial charge on any atom is -0.393 e. The van der Waals surface area contributed by atoms with Gasteiger partial charge in [-0.05, 0) is 48.9 Å². The number of halogens is 1. The first-order chi connectivity index (χ1) is 13.7. The van der Waals surface area contributed by atoms with Crippen LogP contribution in [0.2, 0.25) is 0 Å². The van der Waals surface area contributed by atoms with Crippen molar-refractivity contribution < 1.29 is 0 Å². The zero-order valence-electron chi connectivity index (χ0n) is 15.7. The molecule has 3 N–H and O–H groups in total. The van der Waals surface area contributed by atoms with E-state index in [1.807, 2.05) is 24.3 Å². The number of aromatic nitrogens is 2. The molecule has 1 fully saturated rings. The molecule has 1 aliphatic rings. The molecule has 1 saturated heterocycles. The van der Waals surface area contributed by atoms with Crippen LogP contribution in [-0.4, -0.2) is 23.1 Å². The lowest BCUT2D eigenvalue weighted by Crippen LogP contribution is -2.35. The van der Waals surface area contributed by atoms with Gasteiger partial charge in [0.25, 0.3) is 0 Å². The van der Waals surface area contributed by atoms with Crippen LogP contribution in [0.25, 0.3) is 0 Å². The number of nitrogens with one attached hydrogen (secondary N) is 1. The number of nitrogen functional groups attached to an aromatic ring is 1. The lowest BCUT2D eigenvalue weighted by molar-refractivity contribution is 0.402. The predicted octanol–water partition coefficient (Wildman–Crippen LogP) is 5.02. The smallest absolute Gasteiger partial charge is 0.159 e. The third-order valence-electron chi connectivity index (χ3n) is 5.23. The summed E-state index contributed by atoms with van der Waals surface area (Å²) in [5, 5.41) is 3.30. The average molecular weight is 438 g/mol. The minimum absolute atomic E-state index is 0.601. The molecule has 0 radical (unpaired) electrons. The second-order valence-electron chi connectivity index (χ2n) is 7.22. The predicted molar refractivity (Wildman–Crippen MR) is 119 cm³/mol. The summed E-state index contributed by atoms with van der Waals surface area (Å²) < 4.78 is 1.01. The van der Waals surface area contributed by atoms with Gasteiger partial charge in [0.15, 0.2) is 11.6 Å². The molecule has 5 nitrogen and oxygen atoms in total. The van der Waals surface area contributed by atoms with Crippen LogP contribution in [0.1, 0.15) is 18.4 Å². The Labute approximate surface area is 174 Å². The van der Waals surface area contributed by atoms with Crippen molar-refractivity contribution in [3.05, 3.63) is 71.0 Å². The van der Waals surface area contributed by atoms with E-state index in [0.717, 1.165) is 48.3 Å². The van der Waals surface area contributed by atoms with Gasteiger partial charge in [-0.2, -0.15) is 0 Å². The molecule has 3 aromatic rings. The third-order valence-corrected chi connectivity index (χ3v) is 5.72. The van der Waals surface area contributed by atoms with Gasteiger partial charge in [0.1, 0.15) is 12.0 Å². The number of hydrogen-bond donors (Lipinski definition) is 2. The van der Waals surface area contributed by atoms with Gasteiger partial charge in [-0.1, -0.05) is 52.3 Å². The summed E-state index contributed by atoms with van der Waals surface area (Å²) in [5.74, 6) is 2.18. The van der Waals surface area contributed by atoms with Crippen LogP contribution in [0.3, 0.4) is 0 Å². The van der Waals surface area contributed by atoms with E-state index >= 15 is 0 Å². The van der Waals surface area contributed by atoms with Crippen molar-refractivity contribution in [2.24, 2.45) is 5.92 Å². The van der Waals surface area contributed by atoms with Crippen molar-refractivity contribution in [3.8, 4) is 0 Å². The van der Waals surface area contributed by atoms with Gasteiger partial charge in [-0.15, -0.1) is 0 Å². The standard InChI is InChI=1S/C22H24BrN5/c23-18-7-4-8-19(14-18)27-21-20(24)22(26-15-25-21)28-11-9-17(10-12-28)13-16-5-2-1-3-6-16/h1-8,14-15,17H,9-13,24H2,(H,25,26,27). The molecule has 0 aliphatic carbocycles. The highest BCUT2D eigenvalue weighted by molar-refractivity contribution is 9.10. The van der Waals surface area contributed by atoms with E-state index < -0.39 is 0 Å². The lowest BCUT2D eigenvalue weighted by atomic mass is 9.90. The van der Waals surface area contributed by atoms with Gasteiger partial charge >= 0.3 is 0 Å². The van der Waals surface area contributed by atoms with Crippen molar-refractivity contribution in [1.29, 1.82) is 0 Å². The van der Waals surface area contributed by atoms with Crippen LogP contribution < -0.4 is 16.0 Å². The zero-order valence-corrected chi connectivity index (χ0v) is 17.3. The molecule has 4 rings (SSSR count). The Kier molecular flexibility index (Phi) is 5.76. The molecular weight excluding hydrogens is 414 g/mol. The molecule has 144 valence electrons. The average Bonchev–Trinajstić information content (AvgIpc) is 2.71. The number of anilines is 4. The van der Waals surface area contributed by atoms with Crippen LogP contribution >= 0.6 is 15.9 Å². The Morgan fingerprint density at radius 3 is 2.57 bits per heavy atom. The topological polar surface area (TPSA) is 67.1 Å². The highest BCUT2D eigenvalue weighted by Gasteiger charge is 2.23. The Balaban J connectivity index is 1.42. The third kappa shape index (κ3) is 4.44. The summed E-state index contributed by atoms with van der Waals surface area (Å²) in [7, 11) is 0. The molecule has 0 atom stereocenters. The first kappa shape index (κ1) is 18.7. The SMILES string of the molecule is Nc1c(Nc2cccc(Br)c2)ncnc1N1CCC(Cc2ccccc2)CC1. The van der Waals surface area contributed by atoms with E-state index in [-0.39, 0.29) is 0 Å². The summed E-state index contributed by atoms with van der Waals surface area (Å²) in [5.41, 5.74) is 9.38. The van der Waals surface area contributed by atoms with Crippen molar-refractivity contribution in [2.45, 2.75) is 19.3 Å². The van der Waals surface area contributed by atoms with Crippen LogP contribution in [0.15, 0.2) is 65.4 Å². The van der Waals surface area contributed by atoms with Gasteiger partial charge in [0, 0.05) is 23.2 Å². The zero-order chi connectivity index (χ0) is 19.3. The van der Waals surface area contributed by atoms with Crippen LogP contribution in [0.5, 0.6) is 0 Å². The lowest BCUT2D eigenvalue weighted by Gasteiger charge is -2.33. The summed E-state index contributed by atoms with van der Waals surface area (Å²) in [6.45, 7) is 1.93. The van der Waals surface area contributed by atoms with E-state index in [1.165, 1.54) is 5.56 Å². The summed E-state index contributed by atoms with van der Waals surface area (Å²) >= 11 is 3.49. The monoisotopic (exact) mass is 437 g/mol. The number of piperidine rings is 1. The number of benzene rings is 2. The number of nitrogens with two attached hydrogens (primary N) is 1. The van der Waals surface area contributed by atoms with Gasteiger partial charge in [0.05, 0.1) is 0 Å². The summed E-state index contributed by atoms with van der Waals surface area (Å²) in [6.07, 6.45) is 5.02. The van der Waals surface area contributed by atoms with Gasteiger partial charge < -0.3 is 16.0 Å². The highest BCUT2D eigenvalue weighted by Crippen LogP contribution is 2.32. The Hall–Kier alpha value is -2.60. The molecule has 2 aromatic carbocycles. The maximum Gasteiger partial charge on any atom is 0.159 e. The molecule has 2 heterocycles. The van der Waals surface area contributed by atoms with Crippen molar-refractivity contribution in [1.82, 2.24) is 9.97 Å². The van der Waals surface area contributed by atoms with Crippen molar-refractivity contribution in [2.75, 3.05) is 29.0 Å². The molecule has 0 unspecified atom stereocenters. The Bertz CT molecular complexity index is 923. The Morgan fingerprint density at radius 1 is 1.04 bits per heavy atom. The van der Waals surface area contributed by atoms with Gasteiger partial charge in [-0.3, -0.25) is 0 Å². The summed E-state index contributed by atoms with van der Waals surface area (Å²) in [6, 6.07) is 18.7. The van der Waals surface area contributed by atoms with E-state index in [2.05, 4.69) is 66.4 Å². The summed E-state index contributed by atoms with van der Waals surface area (Å²) in [4.78, 5) is 11.1. The molecule has 1 aromatic heterocycles. The minimum atomic E-state index is 0.601. The number of rotatable bonds is 5. The molecule has 0 saturated carbocycles. The second-order valence-corrected chi connectivity index (χ2v) is 8.13. The molecule has 1 aliphatic heterocycles. The fraction of sp³-hybridized carbons (Fsp3) is 0.273. The number of nitrogens with zero attached hydrogens (tertiary/aromatic N) is 3. The van der Waals surface area contributed by atoms with E-state index in [4.69, 9.17) is 5.73 Å². The van der Waals surface area contributed by atoms with Crippen LogP contribution in [0, 0.1) is 5.92 Å². The van der Waals surface area contributed by atoms with E-state index in [1.54, 1.807) is 6.33 Å². The maximum atomic E-state index is 6.42. The second kappa shape index (κ2) is 8.61.